The molecular formula is C60H48N6. The van der Waals surface area contributed by atoms with E-state index in [1.165, 1.54) is 32.7 Å². The van der Waals surface area contributed by atoms with Gasteiger partial charge in [0.2, 0.25) is 0 Å². The predicted octanol–water partition coefficient (Wildman–Crippen LogP) is 16.3. The van der Waals surface area contributed by atoms with Crippen molar-refractivity contribution in [2.75, 3.05) is 9.80 Å². The van der Waals surface area contributed by atoms with Gasteiger partial charge in [-0.2, -0.15) is 0 Å². The molecule has 0 spiro atoms. The van der Waals surface area contributed by atoms with Gasteiger partial charge in [-0.3, -0.25) is 9.80 Å². The SMILES string of the molecule is CC(C)(C)c1cc(N(c2ccc3ccccc3n2)c2ccc3ccccc3n2)c2ccc3c(C(C)(C)C)cc(N(c4ccc5ccccc5n4)c4ccc5ccccc5n4)c4ccc1c2c43. The van der Waals surface area contributed by atoms with Crippen LogP contribution in [0.5, 0.6) is 0 Å². The first-order valence-corrected chi connectivity index (χ1v) is 22.8. The highest BCUT2D eigenvalue weighted by Crippen LogP contribution is 2.51. The van der Waals surface area contributed by atoms with Crippen LogP contribution in [0.25, 0.3) is 75.9 Å². The molecule has 0 aliphatic carbocycles. The summed E-state index contributed by atoms with van der Waals surface area (Å²) in [5, 5.41) is 11.5. The van der Waals surface area contributed by atoms with E-state index in [4.69, 9.17) is 19.9 Å². The van der Waals surface area contributed by atoms with Crippen LogP contribution in [0.1, 0.15) is 52.7 Å². The second kappa shape index (κ2) is 14.8. The van der Waals surface area contributed by atoms with Crippen LogP contribution >= 0.6 is 0 Å². The molecule has 0 aliphatic rings. The number of pyridine rings is 4. The largest absolute Gasteiger partial charge is 0.278 e. The number of nitrogens with zero attached hydrogens (tertiary/aromatic N) is 6. The molecule has 8 aromatic carbocycles. The minimum Gasteiger partial charge on any atom is -0.278 e. The molecule has 4 aromatic heterocycles. The quantitative estimate of drug-likeness (QED) is 0.155. The number of benzene rings is 8. The Morgan fingerprint density at radius 3 is 0.864 bits per heavy atom. The van der Waals surface area contributed by atoms with E-state index >= 15 is 0 Å². The zero-order valence-electron chi connectivity index (χ0n) is 38.0. The maximum atomic E-state index is 5.37. The molecule has 6 heteroatoms. The van der Waals surface area contributed by atoms with Crippen LogP contribution < -0.4 is 9.80 Å². The van der Waals surface area contributed by atoms with E-state index in [1.807, 2.05) is 0 Å². The molecule has 0 bridgehead atoms. The maximum Gasteiger partial charge on any atom is 0.139 e. The van der Waals surface area contributed by atoms with Crippen molar-refractivity contribution < 1.29 is 0 Å². The highest BCUT2D eigenvalue weighted by Gasteiger charge is 2.31. The number of anilines is 6. The van der Waals surface area contributed by atoms with Crippen molar-refractivity contribution in [2.45, 2.75) is 52.4 Å². The van der Waals surface area contributed by atoms with Crippen LogP contribution in [0.15, 0.2) is 182 Å². The summed E-state index contributed by atoms with van der Waals surface area (Å²) in [5.41, 5.74) is 7.83. The minimum atomic E-state index is -0.220. The van der Waals surface area contributed by atoms with E-state index in [-0.39, 0.29) is 10.8 Å². The van der Waals surface area contributed by atoms with Crippen LogP contribution in [0.4, 0.5) is 34.6 Å². The van der Waals surface area contributed by atoms with Gasteiger partial charge in [0, 0.05) is 32.3 Å². The smallest absolute Gasteiger partial charge is 0.139 e. The first-order chi connectivity index (χ1) is 32.0. The molecule has 6 nitrogen and oxygen atoms in total. The summed E-state index contributed by atoms with van der Waals surface area (Å²) in [5.74, 6) is 3.22. The Balaban J connectivity index is 1.21. The molecule has 0 N–H and O–H groups in total. The number of hydrogen-bond donors (Lipinski definition) is 0. The first kappa shape index (κ1) is 39.6. The summed E-state index contributed by atoms with van der Waals surface area (Å²) in [7, 11) is 0. The fourth-order valence-electron chi connectivity index (χ4n) is 10.0. The number of hydrogen-bond acceptors (Lipinski definition) is 6. The lowest BCUT2D eigenvalue weighted by molar-refractivity contribution is 0.595. The van der Waals surface area contributed by atoms with E-state index < -0.39 is 0 Å². The van der Waals surface area contributed by atoms with Gasteiger partial charge >= 0.3 is 0 Å². The Bertz CT molecular complexity index is 3470. The fraction of sp³-hybridized carbons (Fsp3) is 0.133. The van der Waals surface area contributed by atoms with Gasteiger partial charge < -0.3 is 0 Å². The maximum absolute atomic E-state index is 5.37. The Labute approximate surface area is 384 Å². The van der Waals surface area contributed by atoms with Crippen LogP contribution in [0.2, 0.25) is 0 Å². The van der Waals surface area contributed by atoms with Crippen LogP contribution in [0, 0.1) is 0 Å². The fourth-order valence-corrected chi connectivity index (χ4v) is 10.0. The van der Waals surface area contributed by atoms with Crippen molar-refractivity contribution in [2.24, 2.45) is 0 Å². The van der Waals surface area contributed by atoms with Crippen LogP contribution in [-0.2, 0) is 10.8 Å². The van der Waals surface area contributed by atoms with E-state index in [1.54, 1.807) is 0 Å². The normalized spacial score (nSPS) is 12.4. The lowest BCUT2D eigenvalue weighted by atomic mass is 9.77. The average molecular weight is 853 g/mol. The molecule has 0 saturated heterocycles. The van der Waals surface area contributed by atoms with Gasteiger partial charge in [-0.1, -0.05) is 139 Å². The number of rotatable bonds is 6. The monoisotopic (exact) mass is 852 g/mol. The minimum absolute atomic E-state index is 0.220. The molecule has 0 aliphatic heterocycles. The Morgan fingerprint density at radius 2 is 0.576 bits per heavy atom. The van der Waals surface area contributed by atoms with Crippen molar-refractivity contribution in [1.29, 1.82) is 0 Å². The van der Waals surface area contributed by atoms with E-state index in [9.17, 15) is 0 Å². The summed E-state index contributed by atoms with van der Waals surface area (Å²) in [6, 6.07) is 64.7. The van der Waals surface area contributed by atoms with Crippen LogP contribution in [-0.4, -0.2) is 19.9 Å². The van der Waals surface area contributed by atoms with Gasteiger partial charge in [0.05, 0.1) is 33.4 Å². The van der Waals surface area contributed by atoms with E-state index in [2.05, 4.69) is 233 Å². The van der Waals surface area contributed by atoms with Gasteiger partial charge in [0.1, 0.15) is 23.3 Å². The van der Waals surface area contributed by atoms with Gasteiger partial charge in [0.25, 0.3) is 0 Å². The third kappa shape index (κ3) is 6.47. The molecule has 12 rings (SSSR count). The average Bonchev–Trinajstić information content (AvgIpc) is 3.33. The molecule has 0 radical (unpaired) electrons. The summed E-state index contributed by atoms with van der Waals surface area (Å²) in [6.45, 7) is 13.9. The molecule has 0 atom stereocenters. The standard InChI is InChI=1S/C60H48N6/c1-59(2,3)45-35-51(65(53-31-23-37-15-7-11-19-47(37)61-53)54-32-24-38-16-8-12-20-48(38)62-54)43-30-28-42-46(60(4,5)6)36-52(44-29-27-41(45)57(43)58(42)44)66(55-33-25-39-17-9-13-21-49(39)63-55)56-34-26-40-18-10-14-22-50(40)64-56/h7-36H,1-6H3. The summed E-state index contributed by atoms with van der Waals surface area (Å²) in [4.78, 5) is 26.0. The van der Waals surface area contributed by atoms with Crippen molar-refractivity contribution >= 4 is 111 Å². The number of fused-ring (bicyclic) bond motifs is 4. The summed E-state index contributed by atoms with van der Waals surface area (Å²) in [6.07, 6.45) is 0. The third-order valence-corrected chi connectivity index (χ3v) is 13.2. The van der Waals surface area contributed by atoms with Crippen LogP contribution in [0.3, 0.4) is 0 Å². The third-order valence-electron chi connectivity index (χ3n) is 13.2. The second-order valence-electron chi connectivity index (χ2n) is 19.6. The molecule has 318 valence electrons. The summed E-state index contributed by atoms with van der Waals surface area (Å²) >= 11 is 0. The second-order valence-corrected chi connectivity index (χ2v) is 19.6. The van der Waals surface area contributed by atoms with E-state index in [0.717, 1.165) is 89.0 Å². The predicted molar refractivity (Wildman–Crippen MR) is 278 cm³/mol. The van der Waals surface area contributed by atoms with Gasteiger partial charge in [0.15, 0.2) is 0 Å². The zero-order chi connectivity index (χ0) is 44.9. The topological polar surface area (TPSA) is 58.0 Å². The molecule has 0 fully saturated rings. The molecular weight excluding hydrogens is 805 g/mol. The lowest BCUT2D eigenvalue weighted by Gasteiger charge is -2.32. The Hall–Kier alpha value is -7.96. The molecule has 66 heavy (non-hydrogen) atoms. The van der Waals surface area contributed by atoms with Crippen molar-refractivity contribution in [3.05, 3.63) is 193 Å². The number of aromatic nitrogens is 4. The summed E-state index contributed by atoms with van der Waals surface area (Å²) < 4.78 is 0. The Kier molecular flexibility index (Phi) is 8.88. The molecule has 0 amide bonds. The zero-order valence-corrected chi connectivity index (χ0v) is 38.0. The van der Waals surface area contributed by atoms with Crippen molar-refractivity contribution in [1.82, 2.24) is 19.9 Å². The molecule has 0 unspecified atom stereocenters. The highest BCUT2D eigenvalue weighted by atomic mass is 15.3. The van der Waals surface area contributed by atoms with Crippen molar-refractivity contribution in [3.63, 3.8) is 0 Å². The lowest BCUT2D eigenvalue weighted by Crippen LogP contribution is -2.19. The molecule has 0 saturated carbocycles. The molecule has 12 aromatic rings. The van der Waals surface area contributed by atoms with Gasteiger partial charge in [-0.25, -0.2) is 19.9 Å². The van der Waals surface area contributed by atoms with E-state index in [0.29, 0.717) is 0 Å². The molecule has 4 heterocycles. The highest BCUT2D eigenvalue weighted by molar-refractivity contribution is 6.29. The van der Waals surface area contributed by atoms with Gasteiger partial charge in [-0.15, -0.1) is 0 Å². The van der Waals surface area contributed by atoms with Crippen molar-refractivity contribution in [3.8, 4) is 0 Å². The first-order valence-electron chi connectivity index (χ1n) is 22.8. The Morgan fingerprint density at radius 1 is 0.303 bits per heavy atom. The number of para-hydroxylation sites is 4. The van der Waals surface area contributed by atoms with Gasteiger partial charge in [-0.05, 0) is 128 Å².